The van der Waals surface area contributed by atoms with Gasteiger partial charge in [-0.25, -0.2) is 8.42 Å². The molecule has 21 heavy (non-hydrogen) atoms. The summed E-state index contributed by atoms with van der Waals surface area (Å²) in [5, 5.41) is 18.7. The fourth-order valence-corrected chi connectivity index (χ4v) is 4.32. The van der Waals surface area contributed by atoms with Gasteiger partial charge in [-0.05, 0) is 38.7 Å². The molecule has 1 N–H and O–H groups in total. The van der Waals surface area contributed by atoms with Gasteiger partial charge < -0.3 is 10.0 Å². The smallest absolute Gasteiger partial charge is 0.243 e. The monoisotopic (exact) mass is 309 g/mol. The lowest BCUT2D eigenvalue weighted by molar-refractivity contribution is 0.188. The van der Waals surface area contributed by atoms with E-state index in [9.17, 15) is 13.5 Å². The van der Waals surface area contributed by atoms with Crippen molar-refractivity contribution < 1.29 is 13.5 Å². The molecule has 1 aromatic carbocycles. The first-order valence-corrected chi connectivity index (χ1v) is 8.13. The first kappa shape index (κ1) is 15.9. The van der Waals surface area contributed by atoms with Crippen molar-refractivity contribution in [1.29, 1.82) is 5.26 Å². The van der Waals surface area contributed by atoms with Crippen molar-refractivity contribution in [3.63, 3.8) is 0 Å². The first-order valence-electron chi connectivity index (χ1n) is 6.69. The molecule has 1 fully saturated rings. The molecule has 2 atom stereocenters. The Kier molecular flexibility index (Phi) is 4.64. The van der Waals surface area contributed by atoms with Crippen LogP contribution in [0.2, 0.25) is 0 Å². The van der Waals surface area contributed by atoms with E-state index in [-0.39, 0.29) is 17.5 Å². The van der Waals surface area contributed by atoms with Crippen LogP contribution in [-0.2, 0) is 10.0 Å². The van der Waals surface area contributed by atoms with Crippen molar-refractivity contribution in [2.24, 2.45) is 0 Å². The van der Waals surface area contributed by atoms with E-state index in [0.29, 0.717) is 18.5 Å². The zero-order valence-electron chi connectivity index (χ0n) is 12.1. The third-order valence-electron chi connectivity index (χ3n) is 3.49. The summed E-state index contributed by atoms with van der Waals surface area (Å²) in [6.45, 7) is 0.645. The van der Waals surface area contributed by atoms with E-state index in [1.54, 1.807) is 12.1 Å². The molecule has 1 aromatic rings. The van der Waals surface area contributed by atoms with Gasteiger partial charge in [-0.3, -0.25) is 0 Å². The number of likely N-dealkylation sites (N-methyl/N-ethyl adjacent to an activating group) is 1. The first-order chi connectivity index (χ1) is 9.84. The predicted molar refractivity (Wildman–Crippen MR) is 78.0 cm³/mol. The van der Waals surface area contributed by atoms with Gasteiger partial charge in [0.1, 0.15) is 0 Å². The largest absolute Gasteiger partial charge is 0.392 e. The van der Waals surface area contributed by atoms with E-state index in [1.165, 1.54) is 16.4 Å². The fourth-order valence-electron chi connectivity index (χ4n) is 2.61. The van der Waals surface area contributed by atoms with Crippen LogP contribution < -0.4 is 0 Å². The number of nitrogens with zero attached hydrogens (tertiary/aromatic N) is 3. The molecule has 0 aromatic heterocycles. The number of benzene rings is 1. The summed E-state index contributed by atoms with van der Waals surface area (Å²) < 4.78 is 26.8. The molecular weight excluding hydrogens is 290 g/mol. The Morgan fingerprint density at radius 1 is 1.48 bits per heavy atom. The number of aliphatic hydroxyl groups is 1. The molecule has 7 heteroatoms. The van der Waals surface area contributed by atoms with Gasteiger partial charge in [0.05, 0.1) is 22.6 Å². The van der Waals surface area contributed by atoms with Crippen LogP contribution in [0.5, 0.6) is 0 Å². The van der Waals surface area contributed by atoms with Crippen LogP contribution in [0.1, 0.15) is 12.0 Å². The van der Waals surface area contributed by atoms with Crippen LogP contribution in [0, 0.1) is 11.3 Å². The van der Waals surface area contributed by atoms with Crippen molar-refractivity contribution >= 4 is 10.0 Å². The maximum absolute atomic E-state index is 12.7. The van der Waals surface area contributed by atoms with Crippen molar-refractivity contribution in [1.82, 2.24) is 9.21 Å². The molecule has 6 nitrogen and oxygen atoms in total. The summed E-state index contributed by atoms with van der Waals surface area (Å²) in [6.07, 6.45) is -0.223. The van der Waals surface area contributed by atoms with E-state index < -0.39 is 16.1 Å². The number of nitriles is 1. The third-order valence-corrected chi connectivity index (χ3v) is 5.40. The van der Waals surface area contributed by atoms with Crippen LogP contribution >= 0.6 is 0 Å². The van der Waals surface area contributed by atoms with Crippen LogP contribution in [0.15, 0.2) is 29.2 Å². The maximum Gasteiger partial charge on any atom is 0.243 e. The molecule has 2 unspecified atom stereocenters. The predicted octanol–water partition coefficient (Wildman–Crippen LogP) is 0.244. The Balaban J connectivity index is 2.35. The molecule has 1 aliphatic rings. The summed E-state index contributed by atoms with van der Waals surface area (Å²) in [4.78, 5) is 2.00. The maximum atomic E-state index is 12.7. The van der Waals surface area contributed by atoms with Crippen LogP contribution in [-0.4, -0.2) is 62.1 Å². The van der Waals surface area contributed by atoms with Gasteiger partial charge in [0.25, 0.3) is 0 Å². The van der Waals surface area contributed by atoms with Gasteiger partial charge in [-0.15, -0.1) is 0 Å². The quantitative estimate of drug-likeness (QED) is 0.861. The SMILES string of the molecule is CN(C)CC1CC(O)CN1S(=O)(=O)c1cccc(C#N)c1. The summed E-state index contributed by atoms with van der Waals surface area (Å²) >= 11 is 0. The van der Waals surface area contributed by atoms with E-state index in [4.69, 9.17) is 5.26 Å². The highest BCUT2D eigenvalue weighted by molar-refractivity contribution is 7.89. The molecule has 2 rings (SSSR count). The molecular formula is C14H19N3O3S. The van der Waals surface area contributed by atoms with Crippen molar-refractivity contribution in [3.8, 4) is 6.07 Å². The average Bonchev–Trinajstić information content (AvgIpc) is 2.79. The summed E-state index contributed by atoms with van der Waals surface area (Å²) in [6, 6.07) is 7.65. The summed E-state index contributed by atoms with van der Waals surface area (Å²) in [7, 11) is 0.0303. The van der Waals surface area contributed by atoms with Crippen molar-refractivity contribution in [2.75, 3.05) is 27.2 Å². The minimum Gasteiger partial charge on any atom is -0.392 e. The van der Waals surface area contributed by atoms with Crippen LogP contribution in [0.25, 0.3) is 0 Å². The Bertz CT molecular complexity index is 652. The topological polar surface area (TPSA) is 84.6 Å². The van der Waals surface area contributed by atoms with Gasteiger partial charge in [-0.1, -0.05) is 6.07 Å². The lowest BCUT2D eigenvalue weighted by atomic mass is 10.2. The van der Waals surface area contributed by atoms with Crippen molar-refractivity contribution in [3.05, 3.63) is 29.8 Å². The Labute approximate surface area is 125 Å². The highest BCUT2D eigenvalue weighted by Crippen LogP contribution is 2.27. The molecule has 0 amide bonds. The Hall–Kier alpha value is -1.46. The van der Waals surface area contributed by atoms with Crippen LogP contribution in [0.3, 0.4) is 0 Å². The summed E-state index contributed by atoms with van der Waals surface area (Å²) in [5.41, 5.74) is 0.306. The lowest BCUT2D eigenvalue weighted by Gasteiger charge is -2.26. The number of hydrogen-bond acceptors (Lipinski definition) is 5. The zero-order valence-corrected chi connectivity index (χ0v) is 12.9. The molecule has 0 radical (unpaired) electrons. The zero-order chi connectivity index (χ0) is 15.6. The number of rotatable bonds is 4. The standard InChI is InChI=1S/C14H19N3O3S/c1-16(2)9-12-7-13(18)10-17(12)21(19,20)14-5-3-4-11(6-14)8-15/h3-6,12-13,18H,7,9-10H2,1-2H3. The summed E-state index contributed by atoms with van der Waals surface area (Å²) in [5.74, 6) is 0. The van der Waals surface area contributed by atoms with Gasteiger partial charge in [0.2, 0.25) is 10.0 Å². The van der Waals surface area contributed by atoms with Gasteiger partial charge in [0.15, 0.2) is 0 Å². The average molecular weight is 309 g/mol. The number of hydrogen-bond donors (Lipinski definition) is 1. The molecule has 0 saturated carbocycles. The molecule has 0 spiro atoms. The van der Waals surface area contributed by atoms with E-state index in [2.05, 4.69) is 0 Å². The normalized spacial score (nSPS) is 23.4. The molecule has 1 aliphatic heterocycles. The molecule has 0 bridgehead atoms. The number of sulfonamides is 1. The van der Waals surface area contributed by atoms with Gasteiger partial charge >= 0.3 is 0 Å². The minimum atomic E-state index is -3.70. The van der Waals surface area contributed by atoms with E-state index >= 15 is 0 Å². The lowest BCUT2D eigenvalue weighted by Crippen LogP contribution is -2.41. The van der Waals surface area contributed by atoms with Gasteiger partial charge in [-0.2, -0.15) is 9.57 Å². The fraction of sp³-hybridized carbons (Fsp3) is 0.500. The van der Waals surface area contributed by atoms with E-state index in [1.807, 2.05) is 25.1 Å². The molecule has 114 valence electrons. The minimum absolute atomic E-state index is 0.0949. The third kappa shape index (κ3) is 3.41. The molecule has 0 aliphatic carbocycles. The second-order valence-electron chi connectivity index (χ2n) is 5.52. The highest BCUT2D eigenvalue weighted by Gasteiger charge is 2.39. The van der Waals surface area contributed by atoms with Crippen molar-refractivity contribution in [2.45, 2.75) is 23.5 Å². The molecule has 1 saturated heterocycles. The Morgan fingerprint density at radius 3 is 2.81 bits per heavy atom. The van der Waals surface area contributed by atoms with Gasteiger partial charge in [0, 0.05) is 19.1 Å². The highest BCUT2D eigenvalue weighted by atomic mass is 32.2. The second-order valence-corrected chi connectivity index (χ2v) is 7.41. The van der Waals surface area contributed by atoms with E-state index in [0.717, 1.165) is 0 Å². The number of β-amino-alcohol motifs (C(OH)–C–C–N with tert-alkyl or cyclic N) is 1. The van der Waals surface area contributed by atoms with Crippen LogP contribution in [0.4, 0.5) is 0 Å². The second kappa shape index (κ2) is 6.12. The Morgan fingerprint density at radius 2 is 2.19 bits per heavy atom. The molecule has 1 heterocycles. The number of aliphatic hydroxyl groups excluding tert-OH is 1.